The highest BCUT2D eigenvalue weighted by molar-refractivity contribution is 5.96. The third-order valence-corrected chi connectivity index (χ3v) is 4.14. The van der Waals surface area contributed by atoms with Crippen molar-refractivity contribution in [2.45, 2.75) is 0 Å². The molecule has 0 spiro atoms. The second kappa shape index (κ2) is 7.21. The van der Waals surface area contributed by atoms with Gasteiger partial charge in [-0.1, -0.05) is 0 Å². The molecule has 1 fully saturated rings. The molecule has 1 aromatic carbocycles. The minimum Gasteiger partial charge on any atom is -0.465 e. The maximum Gasteiger partial charge on any atom is 0.337 e. The summed E-state index contributed by atoms with van der Waals surface area (Å²) in [5.74, 6) is -0.428. The highest BCUT2D eigenvalue weighted by Crippen LogP contribution is 2.13. The van der Waals surface area contributed by atoms with E-state index in [-0.39, 0.29) is 11.8 Å². The Hall–Kier alpha value is -3.09. The number of benzene rings is 1. The average molecular weight is 342 g/mol. The highest BCUT2D eigenvalue weighted by Gasteiger charge is 2.26. The van der Waals surface area contributed by atoms with Crippen LogP contribution in [0.4, 0.5) is 0 Å². The number of ether oxygens (including phenoxy) is 1. The summed E-state index contributed by atoms with van der Waals surface area (Å²) in [6, 6.07) is 9.64. The molecule has 0 aliphatic carbocycles. The van der Waals surface area contributed by atoms with E-state index in [2.05, 4.69) is 4.74 Å². The molecule has 7 nitrogen and oxygen atoms in total. The van der Waals surface area contributed by atoms with Gasteiger partial charge in [-0.05, 0) is 36.4 Å². The molecule has 2 amide bonds. The Kier molecular flexibility index (Phi) is 4.83. The second-order valence-corrected chi connectivity index (χ2v) is 5.63. The predicted octanol–water partition coefficient (Wildman–Crippen LogP) is 1.66. The first kappa shape index (κ1) is 16.8. The van der Waals surface area contributed by atoms with Crippen molar-refractivity contribution >= 4 is 17.8 Å². The van der Waals surface area contributed by atoms with Crippen molar-refractivity contribution < 1.29 is 23.5 Å². The molecule has 25 heavy (non-hydrogen) atoms. The van der Waals surface area contributed by atoms with Crippen LogP contribution in [0.15, 0.2) is 47.1 Å². The van der Waals surface area contributed by atoms with Gasteiger partial charge in [0.25, 0.3) is 11.8 Å². The van der Waals surface area contributed by atoms with E-state index in [9.17, 15) is 14.4 Å². The van der Waals surface area contributed by atoms with E-state index in [1.54, 1.807) is 46.2 Å². The third-order valence-electron chi connectivity index (χ3n) is 4.14. The van der Waals surface area contributed by atoms with Gasteiger partial charge in [0.15, 0.2) is 5.76 Å². The van der Waals surface area contributed by atoms with Crippen LogP contribution in [-0.4, -0.2) is 60.9 Å². The van der Waals surface area contributed by atoms with E-state index >= 15 is 0 Å². The van der Waals surface area contributed by atoms with Crippen LogP contribution in [0.5, 0.6) is 0 Å². The molecule has 3 rings (SSSR count). The number of hydrogen-bond acceptors (Lipinski definition) is 5. The van der Waals surface area contributed by atoms with E-state index < -0.39 is 5.97 Å². The molecule has 1 aliphatic heterocycles. The molecule has 130 valence electrons. The Bertz CT molecular complexity index is 759. The zero-order valence-corrected chi connectivity index (χ0v) is 13.8. The average Bonchev–Trinajstić information content (AvgIpc) is 3.21. The van der Waals surface area contributed by atoms with Crippen molar-refractivity contribution in [3.8, 4) is 0 Å². The van der Waals surface area contributed by atoms with E-state index in [0.717, 1.165) is 0 Å². The number of furan rings is 1. The van der Waals surface area contributed by atoms with Gasteiger partial charge in [0.05, 0.1) is 18.9 Å². The lowest BCUT2D eigenvalue weighted by Crippen LogP contribution is -2.50. The second-order valence-electron chi connectivity index (χ2n) is 5.63. The Morgan fingerprint density at radius 2 is 1.44 bits per heavy atom. The van der Waals surface area contributed by atoms with Crippen LogP contribution in [-0.2, 0) is 4.74 Å². The van der Waals surface area contributed by atoms with Crippen molar-refractivity contribution in [2.75, 3.05) is 33.3 Å². The number of piperazine rings is 1. The summed E-state index contributed by atoms with van der Waals surface area (Å²) in [4.78, 5) is 39.6. The molecule has 0 unspecified atom stereocenters. The molecule has 2 aromatic rings. The van der Waals surface area contributed by atoms with Gasteiger partial charge in [-0.25, -0.2) is 4.79 Å². The molecule has 0 N–H and O–H groups in total. The van der Waals surface area contributed by atoms with Crippen LogP contribution < -0.4 is 0 Å². The zero-order valence-electron chi connectivity index (χ0n) is 13.8. The van der Waals surface area contributed by atoms with E-state index in [4.69, 9.17) is 4.42 Å². The minimum absolute atomic E-state index is 0.124. The quantitative estimate of drug-likeness (QED) is 0.793. The van der Waals surface area contributed by atoms with Gasteiger partial charge in [0, 0.05) is 31.7 Å². The number of rotatable bonds is 3. The summed E-state index contributed by atoms with van der Waals surface area (Å²) in [7, 11) is 1.31. The minimum atomic E-state index is -0.441. The third kappa shape index (κ3) is 3.55. The lowest BCUT2D eigenvalue weighted by molar-refractivity contribution is 0.0518. The standard InChI is InChI=1S/C18H18N2O5/c1-24-18(23)14-6-4-13(5-7-14)16(21)19-8-10-20(11-9-19)17(22)15-3-2-12-25-15/h2-7,12H,8-11H2,1H3. The van der Waals surface area contributed by atoms with Gasteiger partial charge in [-0.3, -0.25) is 9.59 Å². The molecule has 0 bridgehead atoms. The molecule has 0 atom stereocenters. The lowest BCUT2D eigenvalue weighted by Gasteiger charge is -2.34. The number of amides is 2. The largest absolute Gasteiger partial charge is 0.465 e. The van der Waals surface area contributed by atoms with Gasteiger partial charge in [0.1, 0.15) is 0 Å². The van der Waals surface area contributed by atoms with E-state index in [0.29, 0.717) is 43.1 Å². The fourth-order valence-electron chi connectivity index (χ4n) is 2.72. The molecule has 1 aromatic heterocycles. The topological polar surface area (TPSA) is 80.1 Å². The fourth-order valence-corrected chi connectivity index (χ4v) is 2.72. The number of carbonyl (C=O) groups excluding carboxylic acids is 3. The van der Waals surface area contributed by atoms with Crippen molar-refractivity contribution in [3.05, 3.63) is 59.5 Å². The number of nitrogens with zero attached hydrogens (tertiary/aromatic N) is 2. The number of methoxy groups -OCH3 is 1. The Labute approximate surface area is 144 Å². The Morgan fingerprint density at radius 3 is 1.96 bits per heavy atom. The smallest absolute Gasteiger partial charge is 0.337 e. The van der Waals surface area contributed by atoms with Crippen molar-refractivity contribution in [1.82, 2.24) is 9.80 Å². The molecule has 7 heteroatoms. The van der Waals surface area contributed by atoms with Crippen molar-refractivity contribution in [1.29, 1.82) is 0 Å². The zero-order chi connectivity index (χ0) is 17.8. The molecule has 0 saturated carbocycles. The van der Waals surface area contributed by atoms with Crippen LogP contribution in [0.1, 0.15) is 31.3 Å². The summed E-state index contributed by atoms with van der Waals surface area (Å²) in [5, 5.41) is 0. The number of carbonyl (C=O) groups is 3. The van der Waals surface area contributed by atoms with Gasteiger partial charge >= 0.3 is 5.97 Å². The highest BCUT2D eigenvalue weighted by atomic mass is 16.5. The van der Waals surface area contributed by atoms with Crippen molar-refractivity contribution in [2.24, 2.45) is 0 Å². The van der Waals surface area contributed by atoms with Gasteiger partial charge in [-0.15, -0.1) is 0 Å². The fraction of sp³-hybridized carbons (Fsp3) is 0.278. The first-order valence-corrected chi connectivity index (χ1v) is 7.90. The summed E-state index contributed by atoms with van der Waals surface area (Å²) in [5.41, 5.74) is 0.895. The van der Waals surface area contributed by atoms with E-state index in [1.165, 1.54) is 13.4 Å². The lowest BCUT2D eigenvalue weighted by atomic mass is 10.1. The monoisotopic (exact) mass is 342 g/mol. The van der Waals surface area contributed by atoms with Gasteiger partial charge in [0.2, 0.25) is 0 Å². The number of hydrogen-bond donors (Lipinski definition) is 0. The van der Waals surface area contributed by atoms with Crippen LogP contribution in [0.3, 0.4) is 0 Å². The maximum absolute atomic E-state index is 12.5. The first-order chi connectivity index (χ1) is 12.1. The van der Waals surface area contributed by atoms with Crippen LogP contribution in [0, 0.1) is 0 Å². The Balaban J connectivity index is 1.60. The molecule has 1 aliphatic rings. The van der Waals surface area contributed by atoms with Crippen molar-refractivity contribution in [3.63, 3.8) is 0 Å². The maximum atomic E-state index is 12.5. The summed E-state index contributed by atoms with van der Waals surface area (Å²) in [6.07, 6.45) is 1.46. The van der Waals surface area contributed by atoms with Crippen LogP contribution in [0.2, 0.25) is 0 Å². The first-order valence-electron chi connectivity index (χ1n) is 7.90. The van der Waals surface area contributed by atoms with Gasteiger partial charge < -0.3 is 19.0 Å². The van der Waals surface area contributed by atoms with Crippen LogP contribution >= 0.6 is 0 Å². The summed E-state index contributed by atoms with van der Waals surface area (Å²) < 4.78 is 9.76. The summed E-state index contributed by atoms with van der Waals surface area (Å²) >= 11 is 0. The number of esters is 1. The molecule has 0 radical (unpaired) electrons. The van der Waals surface area contributed by atoms with Crippen LogP contribution in [0.25, 0.3) is 0 Å². The molecule has 2 heterocycles. The summed E-state index contributed by atoms with van der Waals surface area (Å²) in [6.45, 7) is 1.80. The molecule has 1 saturated heterocycles. The van der Waals surface area contributed by atoms with Gasteiger partial charge in [-0.2, -0.15) is 0 Å². The molecular weight excluding hydrogens is 324 g/mol. The SMILES string of the molecule is COC(=O)c1ccc(C(=O)N2CCN(C(=O)c3ccco3)CC2)cc1. The predicted molar refractivity (Wildman–Crippen MR) is 88.3 cm³/mol. The molecular formula is C18H18N2O5. The Morgan fingerprint density at radius 1 is 0.880 bits per heavy atom. The normalized spacial score (nSPS) is 14.3. The van der Waals surface area contributed by atoms with E-state index in [1.807, 2.05) is 0 Å².